The van der Waals surface area contributed by atoms with Crippen LogP contribution >= 0.6 is 0 Å². The fourth-order valence-electron chi connectivity index (χ4n) is 3.03. The molecular formula is C21H22N2O5. The number of ether oxygens (including phenoxy) is 1. The number of anilines is 1. The fourth-order valence-corrected chi connectivity index (χ4v) is 3.03. The van der Waals surface area contributed by atoms with E-state index in [0.717, 1.165) is 5.56 Å². The fraction of sp³-hybridized carbons (Fsp3) is 0.286. The largest absolute Gasteiger partial charge is 0.481 e. The quantitative estimate of drug-likeness (QED) is 0.682. The molecule has 1 heterocycles. The van der Waals surface area contributed by atoms with Gasteiger partial charge in [-0.2, -0.15) is 0 Å². The first-order valence-corrected chi connectivity index (χ1v) is 9.08. The van der Waals surface area contributed by atoms with Gasteiger partial charge in [-0.05, 0) is 35.7 Å². The van der Waals surface area contributed by atoms with E-state index in [2.05, 4.69) is 10.6 Å². The van der Waals surface area contributed by atoms with Crippen molar-refractivity contribution in [1.29, 1.82) is 0 Å². The lowest BCUT2D eigenvalue weighted by molar-refractivity contribution is -0.137. The summed E-state index contributed by atoms with van der Waals surface area (Å²) in [4.78, 5) is 35.5. The van der Waals surface area contributed by atoms with Gasteiger partial charge in [0.25, 0.3) is 11.8 Å². The van der Waals surface area contributed by atoms with Gasteiger partial charge in [-0.3, -0.25) is 14.4 Å². The Bertz CT molecular complexity index is 871. The minimum absolute atomic E-state index is 0.0137. The SMILES string of the molecule is CC(CNC(=O)c1cccc(NC(=O)C2Cc3ccccc3O2)c1)CC(=O)O. The Balaban J connectivity index is 1.57. The molecule has 0 aromatic heterocycles. The highest BCUT2D eigenvalue weighted by molar-refractivity contribution is 5.98. The number of fused-ring (bicyclic) bond motifs is 1. The predicted octanol–water partition coefficient (Wildman–Crippen LogP) is 2.47. The van der Waals surface area contributed by atoms with Crippen molar-refractivity contribution in [3.05, 3.63) is 59.7 Å². The van der Waals surface area contributed by atoms with E-state index in [4.69, 9.17) is 9.84 Å². The normalized spacial score (nSPS) is 15.8. The van der Waals surface area contributed by atoms with Crippen LogP contribution in [0.15, 0.2) is 48.5 Å². The number of carbonyl (C=O) groups is 3. The van der Waals surface area contributed by atoms with Crippen molar-refractivity contribution in [2.75, 3.05) is 11.9 Å². The summed E-state index contributed by atoms with van der Waals surface area (Å²) >= 11 is 0. The third kappa shape index (κ3) is 4.88. The Labute approximate surface area is 162 Å². The van der Waals surface area contributed by atoms with Gasteiger partial charge in [-0.25, -0.2) is 0 Å². The van der Waals surface area contributed by atoms with Crippen molar-refractivity contribution < 1.29 is 24.2 Å². The second kappa shape index (κ2) is 8.56. The Kier molecular flexibility index (Phi) is 5.93. The monoisotopic (exact) mass is 382 g/mol. The van der Waals surface area contributed by atoms with E-state index in [-0.39, 0.29) is 30.7 Å². The highest BCUT2D eigenvalue weighted by atomic mass is 16.5. The van der Waals surface area contributed by atoms with Crippen molar-refractivity contribution in [3.63, 3.8) is 0 Å². The summed E-state index contributed by atoms with van der Waals surface area (Å²) in [5.41, 5.74) is 1.87. The molecule has 28 heavy (non-hydrogen) atoms. The number of carbonyl (C=O) groups excluding carboxylic acids is 2. The molecule has 1 aliphatic heterocycles. The Morgan fingerprint density at radius 3 is 2.71 bits per heavy atom. The smallest absolute Gasteiger partial charge is 0.303 e. The van der Waals surface area contributed by atoms with E-state index in [9.17, 15) is 14.4 Å². The van der Waals surface area contributed by atoms with Crippen LogP contribution in [0.5, 0.6) is 5.75 Å². The number of carboxylic acid groups (broad SMARTS) is 1. The van der Waals surface area contributed by atoms with E-state index in [1.807, 2.05) is 24.3 Å². The van der Waals surface area contributed by atoms with Crippen molar-refractivity contribution >= 4 is 23.5 Å². The maximum atomic E-state index is 12.5. The molecule has 0 spiro atoms. The molecule has 3 rings (SSSR count). The minimum atomic E-state index is -0.900. The molecule has 0 aliphatic carbocycles. The van der Waals surface area contributed by atoms with E-state index >= 15 is 0 Å². The Morgan fingerprint density at radius 1 is 1.18 bits per heavy atom. The molecule has 0 bridgehead atoms. The third-order valence-electron chi connectivity index (χ3n) is 4.47. The molecule has 2 aromatic rings. The second-order valence-corrected chi connectivity index (χ2v) is 6.90. The number of amides is 2. The maximum absolute atomic E-state index is 12.5. The summed E-state index contributed by atoms with van der Waals surface area (Å²) in [5.74, 6) is -0.957. The molecule has 0 saturated carbocycles. The van der Waals surface area contributed by atoms with Crippen LogP contribution in [0, 0.1) is 5.92 Å². The molecule has 7 heteroatoms. The first-order chi connectivity index (χ1) is 13.4. The summed E-state index contributed by atoms with van der Waals surface area (Å²) in [5, 5.41) is 14.3. The standard InChI is InChI=1S/C21H22N2O5/c1-13(9-19(24)25)12-22-20(26)15-6-4-7-16(10-15)23-21(27)18-11-14-5-2-3-8-17(14)28-18/h2-8,10,13,18H,9,11-12H2,1H3,(H,22,26)(H,23,27)(H,24,25). The van der Waals surface area contributed by atoms with Gasteiger partial charge in [-0.15, -0.1) is 0 Å². The first kappa shape index (κ1) is 19.4. The van der Waals surface area contributed by atoms with Crippen LogP contribution in [0.1, 0.15) is 29.3 Å². The van der Waals surface area contributed by atoms with E-state index < -0.39 is 12.1 Å². The van der Waals surface area contributed by atoms with Gasteiger partial charge < -0.3 is 20.5 Å². The van der Waals surface area contributed by atoms with Gasteiger partial charge in [-0.1, -0.05) is 31.2 Å². The zero-order chi connectivity index (χ0) is 20.1. The maximum Gasteiger partial charge on any atom is 0.303 e. The van der Waals surface area contributed by atoms with Gasteiger partial charge in [0.1, 0.15) is 5.75 Å². The van der Waals surface area contributed by atoms with Crippen LogP contribution in [-0.4, -0.2) is 35.5 Å². The topological polar surface area (TPSA) is 105 Å². The number of rotatable bonds is 7. The zero-order valence-electron chi connectivity index (χ0n) is 15.5. The van der Waals surface area contributed by atoms with Crippen molar-refractivity contribution in [3.8, 4) is 5.75 Å². The van der Waals surface area contributed by atoms with Gasteiger partial charge in [0.2, 0.25) is 0 Å². The number of aliphatic carboxylic acids is 1. The lowest BCUT2D eigenvalue weighted by atomic mass is 10.1. The summed E-state index contributed by atoms with van der Waals surface area (Å²) in [6, 6.07) is 14.1. The van der Waals surface area contributed by atoms with Gasteiger partial charge in [0.05, 0.1) is 0 Å². The van der Waals surface area contributed by atoms with E-state index in [1.54, 1.807) is 31.2 Å². The summed E-state index contributed by atoms with van der Waals surface area (Å²) in [6.07, 6.45) is -0.115. The number of carboxylic acids is 1. The minimum Gasteiger partial charge on any atom is -0.481 e. The van der Waals surface area contributed by atoms with Crippen LogP contribution in [0.4, 0.5) is 5.69 Å². The summed E-state index contributed by atoms with van der Waals surface area (Å²) in [6.45, 7) is 2.01. The molecule has 2 atom stereocenters. The number of nitrogens with one attached hydrogen (secondary N) is 2. The number of hydrogen-bond acceptors (Lipinski definition) is 4. The molecule has 2 amide bonds. The average Bonchev–Trinajstić information content (AvgIpc) is 3.10. The Morgan fingerprint density at radius 2 is 1.96 bits per heavy atom. The van der Waals surface area contributed by atoms with E-state index in [0.29, 0.717) is 23.4 Å². The predicted molar refractivity (Wildman–Crippen MR) is 103 cm³/mol. The lowest BCUT2D eigenvalue weighted by Crippen LogP contribution is -2.32. The molecule has 1 aliphatic rings. The molecule has 0 saturated heterocycles. The second-order valence-electron chi connectivity index (χ2n) is 6.90. The van der Waals surface area contributed by atoms with Crippen LogP contribution in [0.2, 0.25) is 0 Å². The summed E-state index contributed by atoms with van der Waals surface area (Å²) in [7, 11) is 0. The highest BCUT2D eigenvalue weighted by Gasteiger charge is 2.28. The van der Waals surface area contributed by atoms with E-state index in [1.165, 1.54) is 0 Å². The van der Waals surface area contributed by atoms with Gasteiger partial charge in [0.15, 0.2) is 6.10 Å². The molecule has 7 nitrogen and oxygen atoms in total. The first-order valence-electron chi connectivity index (χ1n) is 9.08. The van der Waals surface area contributed by atoms with Crippen LogP contribution in [0.25, 0.3) is 0 Å². The molecule has 2 unspecified atom stereocenters. The van der Waals surface area contributed by atoms with Crippen LogP contribution < -0.4 is 15.4 Å². The van der Waals surface area contributed by atoms with Crippen molar-refractivity contribution in [1.82, 2.24) is 5.32 Å². The number of hydrogen-bond donors (Lipinski definition) is 3. The average molecular weight is 382 g/mol. The van der Waals surface area contributed by atoms with Crippen LogP contribution in [-0.2, 0) is 16.0 Å². The molecule has 0 fully saturated rings. The molecule has 0 radical (unpaired) electrons. The molecular weight excluding hydrogens is 360 g/mol. The molecule has 2 aromatic carbocycles. The summed E-state index contributed by atoms with van der Waals surface area (Å²) < 4.78 is 5.68. The van der Waals surface area contributed by atoms with Gasteiger partial charge >= 0.3 is 5.97 Å². The van der Waals surface area contributed by atoms with Crippen molar-refractivity contribution in [2.45, 2.75) is 25.9 Å². The highest BCUT2D eigenvalue weighted by Crippen LogP contribution is 2.28. The lowest BCUT2D eigenvalue weighted by Gasteiger charge is -2.13. The van der Waals surface area contributed by atoms with Gasteiger partial charge in [0, 0.05) is 30.6 Å². The zero-order valence-corrected chi connectivity index (χ0v) is 15.5. The Hall–Kier alpha value is -3.35. The number of benzene rings is 2. The molecule has 146 valence electrons. The molecule has 3 N–H and O–H groups in total. The van der Waals surface area contributed by atoms with Crippen molar-refractivity contribution in [2.24, 2.45) is 5.92 Å². The number of para-hydroxylation sites is 1. The van der Waals surface area contributed by atoms with Crippen LogP contribution in [0.3, 0.4) is 0 Å². The third-order valence-corrected chi connectivity index (χ3v) is 4.47.